The highest BCUT2D eigenvalue weighted by Crippen LogP contribution is 2.31. The number of hydrogen-bond donors (Lipinski definition) is 2. The molecule has 0 saturated carbocycles. The zero-order chi connectivity index (χ0) is 23.1. The predicted octanol–water partition coefficient (Wildman–Crippen LogP) is 4.91. The van der Waals surface area contributed by atoms with Crippen LogP contribution in [0.5, 0.6) is 0 Å². The van der Waals surface area contributed by atoms with Crippen molar-refractivity contribution in [3.05, 3.63) is 65.2 Å². The van der Waals surface area contributed by atoms with E-state index in [1.54, 1.807) is 11.9 Å². The number of aryl methyl sites for hydroxylation is 4. The van der Waals surface area contributed by atoms with Crippen LogP contribution in [0.4, 0.5) is 11.6 Å². The van der Waals surface area contributed by atoms with Gasteiger partial charge in [-0.05, 0) is 56.2 Å². The summed E-state index contributed by atoms with van der Waals surface area (Å²) in [6.45, 7) is 6.60. The van der Waals surface area contributed by atoms with Gasteiger partial charge in [-0.15, -0.1) is 0 Å². The molecule has 3 aromatic heterocycles. The molecule has 0 atom stereocenters. The van der Waals surface area contributed by atoms with Crippen LogP contribution in [-0.2, 0) is 13.6 Å². The first kappa shape index (κ1) is 21.3. The number of rotatable bonds is 6. The molecule has 0 bridgehead atoms. The van der Waals surface area contributed by atoms with Crippen LogP contribution in [0, 0.1) is 20.8 Å². The lowest BCUT2D eigenvalue weighted by atomic mass is 10.0. The van der Waals surface area contributed by atoms with Crippen LogP contribution in [0.25, 0.3) is 27.7 Å². The molecule has 2 N–H and O–H groups in total. The van der Waals surface area contributed by atoms with E-state index in [0.717, 1.165) is 50.3 Å². The average Bonchev–Trinajstić information content (AvgIpc) is 3.28. The minimum absolute atomic E-state index is 0.639. The summed E-state index contributed by atoms with van der Waals surface area (Å²) in [6.07, 6.45) is 2.01. The fraction of sp³-hybridized carbons (Fsp3) is 0.250. The van der Waals surface area contributed by atoms with Gasteiger partial charge in [0.25, 0.3) is 0 Å². The lowest BCUT2D eigenvalue weighted by Crippen LogP contribution is -2.10. The topological polar surface area (TPSA) is 85.0 Å². The Balaban J connectivity index is 1.52. The number of fused-ring (bicyclic) bond motifs is 2. The van der Waals surface area contributed by atoms with E-state index in [4.69, 9.17) is 10.1 Å². The van der Waals surface area contributed by atoms with Crippen molar-refractivity contribution >= 4 is 40.1 Å². The number of benzene rings is 2. The molecule has 5 aromatic rings. The molecule has 168 valence electrons. The molecular formula is C24H26N8S. The Bertz CT molecular complexity index is 1470. The molecule has 0 fully saturated rings. The van der Waals surface area contributed by atoms with Crippen LogP contribution < -0.4 is 10.0 Å². The second-order valence-electron chi connectivity index (χ2n) is 8.09. The standard InChI is InChI=1S/C24H26N8S/c1-14-20-12-18(8-11-21(20)31(4)28-14)22-15(2)29-32-23(22)26-16(3)27-24(32)25-13-17-6-9-19(10-7-17)30-33-5/h6-12,30H,13H2,1-5H3,(H,25,26,27). The molecule has 0 aliphatic heterocycles. The van der Waals surface area contributed by atoms with Crippen molar-refractivity contribution in [1.29, 1.82) is 0 Å². The van der Waals surface area contributed by atoms with Gasteiger partial charge in [0.2, 0.25) is 5.95 Å². The van der Waals surface area contributed by atoms with Gasteiger partial charge in [0.05, 0.1) is 16.9 Å². The largest absolute Gasteiger partial charge is 0.350 e. The third-order valence-corrected chi connectivity index (χ3v) is 6.16. The third-order valence-electron chi connectivity index (χ3n) is 5.72. The molecule has 3 heterocycles. The molecule has 0 amide bonds. The fourth-order valence-electron chi connectivity index (χ4n) is 4.18. The van der Waals surface area contributed by atoms with Crippen molar-refractivity contribution in [3.63, 3.8) is 0 Å². The summed E-state index contributed by atoms with van der Waals surface area (Å²) in [5, 5.41) is 13.9. The van der Waals surface area contributed by atoms with Gasteiger partial charge in [-0.2, -0.15) is 19.7 Å². The molecule has 0 saturated heterocycles. The van der Waals surface area contributed by atoms with E-state index in [9.17, 15) is 0 Å². The molecule has 33 heavy (non-hydrogen) atoms. The SMILES string of the molecule is CSNc1ccc(CNc2nc(C)nc3c(-c4ccc5c(c4)c(C)nn5C)c(C)nn23)cc1. The maximum absolute atomic E-state index is 4.78. The van der Waals surface area contributed by atoms with Crippen molar-refractivity contribution in [2.75, 3.05) is 16.3 Å². The van der Waals surface area contributed by atoms with E-state index in [1.165, 1.54) is 0 Å². The first-order valence-electron chi connectivity index (χ1n) is 10.7. The minimum atomic E-state index is 0.639. The molecule has 0 aliphatic carbocycles. The first-order chi connectivity index (χ1) is 15.9. The van der Waals surface area contributed by atoms with Crippen LogP contribution in [0.3, 0.4) is 0 Å². The summed E-state index contributed by atoms with van der Waals surface area (Å²) in [7, 11) is 1.97. The van der Waals surface area contributed by atoms with E-state index in [1.807, 2.05) is 43.3 Å². The normalized spacial score (nSPS) is 11.4. The maximum Gasteiger partial charge on any atom is 0.227 e. The molecule has 0 spiro atoms. The summed E-state index contributed by atoms with van der Waals surface area (Å²) >= 11 is 1.58. The third kappa shape index (κ3) is 3.89. The summed E-state index contributed by atoms with van der Waals surface area (Å²) in [5.41, 5.74) is 8.16. The number of nitrogens with zero attached hydrogens (tertiary/aromatic N) is 6. The number of aromatic nitrogens is 6. The second-order valence-corrected chi connectivity index (χ2v) is 8.70. The fourth-order valence-corrected chi connectivity index (χ4v) is 4.55. The molecule has 0 radical (unpaired) electrons. The quantitative estimate of drug-likeness (QED) is 0.350. The van der Waals surface area contributed by atoms with E-state index >= 15 is 0 Å². The van der Waals surface area contributed by atoms with E-state index in [-0.39, 0.29) is 0 Å². The van der Waals surface area contributed by atoms with E-state index < -0.39 is 0 Å². The summed E-state index contributed by atoms with van der Waals surface area (Å²) in [4.78, 5) is 9.37. The molecule has 2 aromatic carbocycles. The zero-order valence-corrected chi connectivity index (χ0v) is 20.2. The predicted molar refractivity (Wildman–Crippen MR) is 136 cm³/mol. The molecule has 5 rings (SSSR count). The summed E-state index contributed by atoms with van der Waals surface area (Å²) in [6, 6.07) is 14.7. The van der Waals surface area contributed by atoms with Crippen molar-refractivity contribution in [1.82, 2.24) is 29.4 Å². The molecule has 8 nitrogen and oxygen atoms in total. The Kier molecular flexibility index (Phi) is 5.41. The van der Waals surface area contributed by atoms with Crippen LogP contribution in [0.15, 0.2) is 42.5 Å². The van der Waals surface area contributed by atoms with Gasteiger partial charge in [-0.3, -0.25) is 4.68 Å². The van der Waals surface area contributed by atoms with Crippen molar-refractivity contribution in [2.24, 2.45) is 7.05 Å². The Morgan fingerprint density at radius 1 is 0.939 bits per heavy atom. The van der Waals surface area contributed by atoms with Gasteiger partial charge in [-0.1, -0.05) is 30.1 Å². The van der Waals surface area contributed by atoms with Gasteiger partial charge >= 0.3 is 0 Å². The van der Waals surface area contributed by atoms with Gasteiger partial charge in [-0.25, -0.2) is 4.98 Å². The maximum atomic E-state index is 4.78. The van der Waals surface area contributed by atoms with Crippen LogP contribution in [0.1, 0.15) is 22.8 Å². The minimum Gasteiger partial charge on any atom is -0.350 e. The molecule has 0 aliphatic rings. The second kappa shape index (κ2) is 8.40. The number of anilines is 2. The van der Waals surface area contributed by atoms with Crippen molar-refractivity contribution in [3.8, 4) is 11.1 Å². The molecule has 9 heteroatoms. The van der Waals surface area contributed by atoms with Gasteiger partial charge in [0, 0.05) is 36.5 Å². The average molecular weight is 459 g/mol. The lowest BCUT2D eigenvalue weighted by Gasteiger charge is -2.09. The van der Waals surface area contributed by atoms with Gasteiger partial charge in [0.1, 0.15) is 5.82 Å². The molecule has 0 unspecified atom stereocenters. The van der Waals surface area contributed by atoms with E-state index in [2.05, 4.69) is 62.6 Å². The number of hydrogen-bond acceptors (Lipinski definition) is 7. The highest BCUT2D eigenvalue weighted by molar-refractivity contribution is 7.99. The van der Waals surface area contributed by atoms with Crippen molar-refractivity contribution < 1.29 is 0 Å². The van der Waals surface area contributed by atoms with Gasteiger partial charge < -0.3 is 10.0 Å². The van der Waals surface area contributed by atoms with Crippen LogP contribution >= 0.6 is 11.9 Å². The van der Waals surface area contributed by atoms with Gasteiger partial charge in [0.15, 0.2) is 5.65 Å². The Labute approximate surface area is 196 Å². The monoisotopic (exact) mass is 458 g/mol. The van der Waals surface area contributed by atoms with Crippen LogP contribution in [0.2, 0.25) is 0 Å². The highest BCUT2D eigenvalue weighted by Gasteiger charge is 2.18. The molecular weight excluding hydrogens is 432 g/mol. The first-order valence-corrected chi connectivity index (χ1v) is 12.0. The Morgan fingerprint density at radius 2 is 1.73 bits per heavy atom. The number of nitrogens with one attached hydrogen (secondary N) is 2. The lowest BCUT2D eigenvalue weighted by molar-refractivity contribution is 0.783. The van der Waals surface area contributed by atoms with E-state index in [0.29, 0.717) is 18.3 Å². The Morgan fingerprint density at radius 3 is 2.48 bits per heavy atom. The van der Waals surface area contributed by atoms with Crippen LogP contribution in [-0.4, -0.2) is 35.6 Å². The van der Waals surface area contributed by atoms with Crippen molar-refractivity contribution in [2.45, 2.75) is 27.3 Å². The smallest absolute Gasteiger partial charge is 0.227 e. The Hall–Kier alpha value is -3.59. The summed E-state index contributed by atoms with van der Waals surface area (Å²) < 4.78 is 6.96. The zero-order valence-electron chi connectivity index (χ0n) is 19.3. The summed E-state index contributed by atoms with van der Waals surface area (Å²) in [5.74, 6) is 1.38. The highest BCUT2D eigenvalue weighted by atomic mass is 32.2.